The van der Waals surface area contributed by atoms with Gasteiger partial charge in [-0.3, -0.25) is 9.59 Å². The summed E-state index contributed by atoms with van der Waals surface area (Å²) < 4.78 is 6.78. The zero-order valence-electron chi connectivity index (χ0n) is 13.3. The largest absolute Gasteiger partial charge is 0.469 e. The van der Waals surface area contributed by atoms with Crippen LogP contribution in [0.4, 0.5) is 0 Å². The van der Waals surface area contributed by atoms with Crippen LogP contribution in [-0.2, 0) is 20.9 Å². The predicted octanol–water partition coefficient (Wildman–Crippen LogP) is 1.84. The van der Waals surface area contributed by atoms with E-state index in [9.17, 15) is 9.59 Å². The summed E-state index contributed by atoms with van der Waals surface area (Å²) in [6, 6.07) is 7.90. The number of ether oxygens (including phenoxy) is 1. The summed E-state index contributed by atoms with van der Waals surface area (Å²) in [6.45, 7) is 1.88. The molecule has 3 rings (SSSR count). The molecule has 0 aliphatic carbocycles. The molecular formula is C17H21N3O3. The highest BCUT2D eigenvalue weighted by Crippen LogP contribution is 2.19. The minimum atomic E-state index is -0.165. The van der Waals surface area contributed by atoms with Gasteiger partial charge in [-0.1, -0.05) is 12.1 Å². The van der Waals surface area contributed by atoms with E-state index in [1.165, 1.54) is 7.11 Å². The quantitative estimate of drug-likeness (QED) is 0.808. The van der Waals surface area contributed by atoms with E-state index in [-0.39, 0.29) is 17.8 Å². The lowest BCUT2D eigenvalue weighted by Gasteiger charge is -2.30. The van der Waals surface area contributed by atoms with Crippen molar-refractivity contribution < 1.29 is 14.3 Å². The first-order valence-corrected chi connectivity index (χ1v) is 7.94. The number of nitrogens with zero attached hydrogens (tertiary/aromatic N) is 3. The van der Waals surface area contributed by atoms with E-state index >= 15 is 0 Å². The Balaban J connectivity index is 1.53. The summed E-state index contributed by atoms with van der Waals surface area (Å²) in [5.41, 5.74) is 1.99. The van der Waals surface area contributed by atoms with Crippen LogP contribution < -0.4 is 0 Å². The molecule has 1 aromatic carbocycles. The Bertz CT molecular complexity index is 702. The zero-order valence-corrected chi connectivity index (χ0v) is 13.3. The van der Waals surface area contributed by atoms with Crippen LogP contribution in [0.5, 0.6) is 0 Å². The van der Waals surface area contributed by atoms with Gasteiger partial charge in [-0.15, -0.1) is 0 Å². The van der Waals surface area contributed by atoms with Crippen LogP contribution in [0, 0.1) is 5.92 Å². The second kappa shape index (κ2) is 6.81. The van der Waals surface area contributed by atoms with Gasteiger partial charge < -0.3 is 14.2 Å². The van der Waals surface area contributed by atoms with Crippen LogP contribution in [-0.4, -0.2) is 46.5 Å². The van der Waals surface area contributed by atoms with E-state index in [1.807, 2.05) is 33.7 Å². The van der Waals surface area contributed by atoms with E-state index in [4.69, 9.17) is 4.74 Å². The first-order valence-electron chi connectivity index (χ1n) is 7.94. The van der Waals surface area contributed by atoms with Crippen molar-refractivity contribution in [2.24, 2.45) is 5.92 Å². The number of amides is 1. The second-order valence-corrected chi connectivity index (χ2v) is 5.85. The van der Waals surface area contributed by atoms with Crippen LogP contribution >= 0.6 is 0 Å². The van der Waals surface area contributed by atoms with Crippen molar-refractivity contribution in [2.75, 3.05) is 20.2 Å². The number of carbonyl (C=O) groups excluding carboxylic acids is 2. The fraction of sp³-hybridized carbons (Fsp3) is 0.471. The highest BCUT2D eigenvalue weighted by Gasteiger charge is 2.27. The molecule has 1 aromatic heterocycles. The van der Waals surface area contributed by atoms with Crippen molar-refractivity contribution in [3.63, 3.8) is 0 Å². The number of benzene rings is 1. The molecule has 0 unspecified atom stereocenters. The molecule has 0 radical (unpaired) electrons. The van der Waals surface area contributed by atoms with Gasteiger partial charge in [0.25, 0.3) is 0 Å². The van der Waals surface area contributed by atoms with E-state index in [0.717, 1.165) is 11.0 Å². The molecule has 1 aliphatic heterocycles. The molecule has 0 bridgehead atoms. The monoisotopic (exact) mass is 315 g/mol. The van der Waals surface area contributed by atoms with Gasteiger partial charge >= 0.3 is 5.97 Å². The molecule has 6 nitrogen and oxygen atoms in total. The fourth-order valence-corrected chi connectivity index (χ4v) is 3.09. The minimum Gasteiger partial charge on any atom is -0.469 e. The molecule has 122 valence electrons. The number of fused-ring (bicyclic) bond motifs is 1. The normalized spacial score (nSPS) is 15.8. The molecule has 1 saturated heterocycles. The molecule has 2 aromatic rings. The molecular weight excluding hydrogens is 294 g/mol. The third-order valence-corrected chi connectivity index (χ3v) is 4.48. The molecule has 2 heterocycles. The number of hydrogen-bond acceptors (Lipinski definition) is 4. The maximum Gasteiger partial charge on any atom is 0.308 e. The maximum atomic E-state index is 12.4. The summed E-state index contributed by atoms with van der Waals surface area (Å²) in [5.74, 6) is -0.102. The van der Waals surface area contributed by atoms with Gasteiger partial charge in [-0.2, -0.15) is 0 Å². The van der Waals surface area contributed by atoms with Crippen LogP contribution in [0.1, 0.15) is 19.3 Å². The van der Waals surface area contributed by atoms with Gasteiger partial charge in [0.05, 0.1) is 30.4 Å². The predicted molar refractivity (Wildman–Crippen MR) is 85.7 cm³/mol. The van der Waals surface area contributed by atoms with Gasteiger partial charge in [-0.05, 0) is 25.0 Å². The number of carbonyl (C=O) groups is 2. The van der Waals surface area contributed by atoms with Crippen molar-refractivity contribution in [2.45, 2.75) is 25.8 Å². The van der Waals surface area contributed by atoms with Gasteiger partial charge in [-0.25, -0.2) is 4.98 Å². The lowest BCUT2D eigenvalue weighted by Crippen LogP contribution is -2.40. The van der Waals surface area contributed by atoms with E-state index in [0.29, 0.717) is 38.9 Å². The Morgan fingerprint density at radius 1 is 1.26 bits per heavy atom. The van der Waals surface area contributed by atoms with Gasteiger partial charge in [0.1, 0.15) is 0 Å². The Kier molecular flexibility index (Phi) is 4.60. The van der Waals surface area contributed by atoms with E-state index in [1.54, 1.807) is 6.33 Å². The van der Waals surface area contributed by atoms with E-state index in [2.05, 4.69) is 4.98 Å². The van der Waals surface area contributed by atoms with E-state index < -0.39 is 0 Å². The van der Waals surface area contributed by atoms with Crippen LogP contribution in [0.15, 0.2) is 30.6 Å². The number of imidazole rings is 1. The average molecular weight is 315 g/mol. The number of esters is 1. The number of aryl methyl sites for hydroxylation is 1. The van der Waals surface area contributed by atoms with Crippen molar-refractivity contribution in [3.8, 4) is 0 Å². The summed E-state index contributed by atoms with van der Waals surface area (Å²) in [4.78, 5) is 30.0. The Morgan fingerprint density at radius 2 is 2.00 bits per heavy atom. The molecule has 1 aliphatic rings. The number of likely N-dealkylation sites (tertiary alicyclic amines) is 1. The number of hydrogen-bond donors (Lipinski definition) is 0. The molecule has 0 saturated carbocycles. The molecule has 23 heavy (non-hydrogen) atoms. The molecule has 6 heteroatoms. The molecule has 0 atom stereocenters. The zero-order chi connectivity index (χ0) is 16.2. The summed E-state index contributed by atoms with van der Waals surface area (Å²) in [5, 5.41) is 0. The number of methoxy groups -OCH3 is 1. The molecule has 0 N–H and O–H groups in total. The first kappa shape index (κ1) is 15.5. The SMILES string of the molecule is COC(=O)C1CCN(C(=O)CCn2cnc3ccccc32)CC1. The van der Waals surface area contributed by atoms with Gasteiger partial charge in [0, 0.05) is 26.1 Å². The highest BCUT2D eigenvalue weighted by molar-refractivity contribution is 5.78. The lowest BCUT2D eigenvalue weighted by molar-refractivity contribution is -0.148. The Labute approximate surface area is 135 Å². The number of piperidine rings is 1. The maximum absolute atomic E-state index is 12.4. The standard InChI is InChI=1S/C17H21N3O3/c1-23-17(22)13-6-9-19(10-7-13)16(21)8-11-20-12-18-14-4-2-3-5-15(14)20/h2-5,12-13H,6-11H2,1H3. The fourth-order valence-electron chi connectivity index (χ4n) is 3.09. The highest BCUT2D eigenvalue weighted by atomic mass is 16.5. The topological polar surface area (TPSA) is 64.4 Å². The summed E-state index contributed by atoms with van der Waals surface area (Å²) in [6.07, 6.45) is 3.60. The smallest absolute Gasteiger partial charge is 0.308 e. The lowest BCUT2D eigenvalue weighted by atomic mass is 9.97. The number of rotatable bonds is 4. The molecule has 0 spiro atoms. The van der Waals surface area contributed by atoms with Crippen molar-refractivity contribution in [1.29, 1.82) is 0 Å². The molecule has 1 amide bonds. The Hall–Kier alpha value is -2.37. The Morgan fingerprint density at radius 3 is 2.74 bits per heavy atom. The molecule has 1 fully saturated rings. The van der Waals surface area contributed by atoms with Crippen molar-refractivity contribution >= 4 is 22.9 Å². The number of para-hydroxylation sites is 2. The van der Waals surface area contributed by atoms with Crippen LogP contribution in [0.25, 0.3) is 11.0 Å². The number of aromatic nitrogens is 2. The minimum absolute atomic E-state index is 0.0679. The average Bonchev–Trinajstić information content (AvgIpc) is 3.02. The first-order chi connectivity index (χ1) is 11.2. The van der Waals surface area contributed by atoms with Crippen LogP contribution in [0.3, 0.4) is 0 Å². The van der Waals surface area contributed by atoms with Crippen LogP contribution in [0.2, 0.25) is 0 Å². The third-order valence-electron chi connectivity index (χ3n) is 4.48. The van der Waals surface area contributed by atoms with Gasteiger partial charge in [0.15, 0.2) is 0 Å². The van der Waals surface area contributed by atoms with Crippen molar-refractivity contribution in [3.05, 3.63) is 30.6 Å². The summed E-state index contributed by atoms with van der Waals surface area (Å²) in [7, 11) is 1.41. The summed E-state index contributed by atoms with van der Waals surface area (Å²) >= 11 is 0. The van der Waals surface area contributed by atoms with Crippen molar-refractivity contribution in [1.82, 2.24) is 14.5 Å². The third kappa shape index (κ3) is 3.36. The second-order valence-electron chi connectivity index (χ2n) is 5.85. The van der Waals surface area contributed by atoms with Gasteiger partial charge in [0.2, 0.25) is 5.91 Å².